The lowest BCUT2D eigenvalue weighted by atomic mass is 10.1. The van der Waals surface area contributed by atoms with E-state index in [0.717, 1.165) is 26.9 Å². The minimum Gasteiger partial charge on any atom is -0.467 e. The smallest absolute Gasteiger partial charge is 0.261 e. The zero-order valence-corrected chi connectivity index (χ0v) is 13.3. The van der Waals surface area contributed by atoms with E-state index < -0.39 is 0 Å². The van der Waals surface area contributed by atoms with Crippen LogP contribution in [0.5, 0.6) is 0 Å². The first-order chi connectivity index (χ1) is 11.2. The normalized spacial score (nSPS) is 11.2. The number of thiophene rings is 1. The van der Waals surface area contributed by atoms with Crippen LogP contribution in [0, 0.1) is 6.92 Å². The molecule has 4 aromatic rings. The summed E-state index contributed by atoms with van der Waals surface area (Å²) in [5.41, 5.74) is 2.14. The highest BCUT2D eigenvalue weighted by molar-refractivity contribution is 7.20. The fraction of sp³-hybridized carbons (Fsp3) is 0.111. The van der Waals surface area contributed by atoms with Crippen molar-refractivity contribution >= 4 is 38.4 Å². The number of rotatable bonds is 3. The van der Waals surface area contributed by atoms with Crippen molar-refractivity contribution in [3.05, 3.63) is 64.9 Å². The summed E-state index contributed by atoms with van der Waals surface area (Å²) in [6, 6.07) is 13.8. The number of benzene rings is 1. The second-order valence-electron chi connectivity index (χ2n) is 5.45. The molecule has 0 aliphatic rings. The molecule has 1 aromatic carbocycles. The van der Waals surface area contributed by atoms with Crippen LogP contribution in [0.25, 0.3) is 21.1 Å². The molecule has 0 radical (unpaired) electrons. The molecule has 0 saturated carbocycles. The Bertz CT molecular complexity index is 1000. The van der Waals surface area contributed by atoms with Gasteiger partial charge in [0.25, 0.3) is 5.91 Å². The molecule has 23 heavy (non-hydrogen) atoms. The molecule has 0 spiro atoms. The van der Waals surface area contributed by atoms with Gasteiger partial charge in [0, 0.05) is 10.8 Å². The van der Waals surface area contributed by atoms with E-state index >= 15 is 0 Å². The molecule has 1 N–H and O–H groups in total. The number of furan rings is 1. The van der Waals surface area contributed by atoms with Crippen LogP contribution in [0.1, 0.15) is 21.0 Å². The van der Waals surface area contributed by atoms with Crippen LogP contribution in [0.2, 0.25) is 0 Å². The van der Waals surface area contributed by atoms with E-state index in [1.165, 1.54) is 16.9 Å². The molecule has 5 heteroatoms. The van der Waals surface area contributed by atoms with Crippen molar-refractivity contribution < 1.29 is 9.21 Å². The molecule has 4 rings (SSSR count). The van der Waals surface area contributed by atoms with E-state index in [1.807, 2.05) is 19.1 Å². The first kappa shape index (κ1) is 14.0. The molecule has 0 atom stereocenters. The fourth-order valence-corrected chi connectivity index (χ4v) is 3.45. The van der Waals surface area contributed by atoms with E-state index in [1.54, 1.807) is 12.3 Å². The van der Waals surface area contributed by atoms with Crippen LogP contribution in [0.3, 0.4) is 0 Å². The maximum Gasteiger partial charge on any atom is 0.261 e. The molecule has 0 aliphatic carbocycles. The van der Waals surface area contributed by atoms with E-state index in [0.29, 0.717) is 11.4 Å². The summed E-state index contributed by atoms with van der Waals surface area (Å²) in [7, 11) is 0. The highest BCUT2D eigenvalue weighted by atomic mass is 32.1. The third-order valence-corrected chi connectivity index (χ3v) is 4.73. The highest BCUT2D eigenvalue weighted by Crippen LogP contribution is 2.27. The fourth-order valence-electron chi connectivity index (χ4n) is 2.52. The first-order valence-corrected chi connectivity index (χ1v) is 8.12. The van der Waals surface area contributed by atoms with Crippen molar-refractivity contribution in [2.75, 3.05) is 0 Å². The largest absolute Gasteiger partial charge is 0.467 e. The summed E-state index contributed by atoms with van der Waals surface area (Å²) in [6.07, 6.45) is 1.60. The Morgan fingerprint density at radius 2 is 2.13 bits per heavy atom. The minimum atomic E-state index is -0.107. The van der Waals surface area contributed by atoms with E-state index in [4.69, 9.17) is 4.42 Å². The average molecular weight is 322 g/mol. The number of aryl methyl sites for hydroxylation is 1. The van der Waals surface area contributed by atoms with Gasteiger partial charge in [-0.15, -0.1) is 11.3 Å². The van der Waals surface area contributed by atoms with Crippen molar-refractivity contribution in [2.45, 2.75) is 13.5 Å². The van der Waals surface area contributed by atoms with Gasteiger partial charge in [-0.25, -0.2) is 4.98 Å². The SMILES string of the molecule is Cc1ccc2cc3cc(C(=O)NCc4ccco4)sc3nc2c1. The number of aromatic nitrogens is 1. The van der Waals surface area contributed by atoms with Crippen LogP contribution >= 0.6 is 11.3 Å². The average Bonchev–Trinajstić information content (AvgIpc) is 3.19. The van der Waals surface area contributed by atoms with Gasteiger partial charge >= 0.3 is 0 Å². The number of amides is 1. The number of carbonyl (C=O) groups is 1. The quantitative estimate of drug-likeness (QED) is 0.612. The number of fused-ring (bicyclic) bond motifs is 2. The van der Waals surface area contributed by atoms with Gasteiger partial charge in [-0.1, -0.05) is 12.1 Å². The first-order valence-electron chi connectivity index (χ1n) is 7.30. The van der Waals surface area contributed by atoms with Gasteiger partial charge < -0.3 is 9.73 Å². The Morgan fingerprint density at radius 1 is 1.22 bits per heavy atom. The minimum absolute atomic E-state index is 0.107. The van der Waals surface area contributed by atoms with Crippen molar-refractivity contribution in [2.24, 2.45) is 0 Å². The zero-order chi connectivity index (χ0) is 15.8. The van der Waals surface area contributed by atoms with Crippen molar-refractivity contribution in [3.63, 3.8) is 0 Å². The van der Waals surface area contributed by atoms with Crippen molar-refractivity contribution in [1.29, 1.82) is 0 Å². The molecule has 3 heterocycles. The molecule has 114 valence electrons. The standard InChI is InChI=1S/C18H14N2O2S/c1-11-4-5-12-8-13-9-16(23-18(13)20-15(12)7-11)17(21)19-10-14-3-2-6-22-14/h2-9H,10H2,1H3,(H,19,21). The summed E-state index contributed by atoms with van der Waals surface area (Å²) in [5, 5.41) is 4.94. The van der Waals surface area contributed by atoms with E-state index in [-0.39, 0.29) is 5.91 Å². The molecule has 4 nitrogen and oxygen atoms in total. The summed E-state index contributed by atoms with van der Waals surface area (Å²) >= 11 is 1.41. The predicted molar refractivity (Wildman–Crippen MR) is 91.7 cm³/mol. The topological polar surface area (TPSA) is 55.1 Å². The van der Waals surface area contributed by atoms with E-state index in [2.05, 4.69) is 34.6 Å². The van der Waals surface area contributed by atoms with E-state index in [9.17, 15) is 4.79 Å². The monoisotopic (exact) mass is 322 g/mol. The summed E-state index contributed by atoms with van der Waals surface area (Å²) in [6.45, 7) is 2.43. The Labute approximate surface area is 136 Å². The van der Waals surface area contributed by atoms with Crippen molar-refractivity contribution in [1.82, 2.24) is 10.3 Å². The lowest BCUT2D eigenvalue weighted by Gasteiger charge is -1.99. The van der Waals surface area contributed by atoms with Gasteiger partial charge in [0.15, 0.2) is 0 Å². The lowest BCUT2D eigenvalue weighted by Crippen LogP contribution is -2.21. The summed E-state index contributed by atoms with van der Waals surface area (Å²) < 4.78 is 5.22. The van der Waals surface area contributed by atoms with Gasteiger partial charge in [0.1, 0.15) is 10.6 Å². The Morgan fingerprint density at radius 3 is 2.96 bits per heavy atom. The van der Waals surface area contributed by atoms with Gasteiger partial charge in [0.2, 0.25) is 0 Å². The number of nitrogens with zero attached hydrogens (tertiary/aromatic N) is 1. The molecule has 0 fully saturated rings. The molecule has 3 aromatic heterocycles. The summed E-state index contributed by atoms with van der Waals surface area (Å²) in [5.74, 6) is 0.628. The Kier molecular flexibility index (Phi) is 3.35. The van der Waals surface area contributed by atoms with Gasteiger partial charge in [-0.2, -0.15) is 0 Å². The molecule has 0 aliphatic heterocycles. The maximum atomic E-state index is 12.3. The predicted octanol–water partition coefficient (Wildman–Crippen LogP) is 4.28. The van der Waals surface area contributed by atoms with Crippen LogP contribution < -0.4 is 5.32 Å². The van der Waals surface area contributed by atoms with Gasteiger partial charge in [-0.05, 0) is 42.8 Å². The van der Waals surface area contributed by atoms with Crippen LogP contribution in [-0.2, 0) is 6.54 Å². The Hall–Kier alpha value is -2.66. The molecular weight excluding hydrogens is 308 g/mol. The molecule has 0 saturated heterocycles. The third kappa shape index (κ3) is 2.71. The van der Waals surface area contributed by atoms with Crippen LogP contribution in [0.15, 0.2) is 53.1 Å². The number of nitrogens with one attached hydrogen (secondary N) is 1. The molecular formula is C18H14N2O2S. The number of carbonyl (C=O) groups excluding carboxylic acids is 1. The Balaban J connectivity index is 1.65. The maximum absolute atomic E-state index is 12.3. The molecule has 0 unspecified atom stereocenters. The van der Waals surface area contributed by atoms with Crippen LogP contribution in [0.4, 0.5) is 0 Å². The van der Waals surface area contributed by atoms with Crippen LogP contribution in [-0.4, -0.2) is 10.9 Å². The second-order valence-corrected chi connectivity index (χ2v) is 6.48. The second kappa shape index (κ2) is 5.52. The highest BCUT2D eigenvalue weighted by Gasteiger charge is 2.12. The lowest BCUT2D eigenvalue weighted by molar-refractivity contribution is 0.0952. The number of hydrogen-bond donors (Lipinski definition) is 1. The summed E-state index contributed by atoms with van der Waals surface area (Å²) in [4.78, 5) is 18.5. The number of pyridine rings is 1. The van der Waals surface area contributed by atoms with Gasteiger partial charge in [-0.3, -0.25) is 4.79 Å². The number of hydrogen-bond acceptors (Lipinski definition) is 4. The third-order valence-electron chi connectivity index (χ3n) is 3.69. The van der Waals surface area contributed by atoms with Gasteiger partial charge in [0.05, 0.1) is 23.2 Å². The van der Waals surface area contributed by atoms with Crippen molar-refractivity contribution in [3.8, 4) is 0 Å². The molecule has 1 amide bonds. The molecule has 0 bridgehead atoms. The zero-order valence-electron chi connectivity index (χ0n) is 12.5.